The highest BCUT2D eigenvalue weighted by Crippen LogP contribution is 2.27. The third kappa shape index (κ3) is 4.61. The molecule has 0 atom stereocenters. The van der Waals surface area contributed by atoms with Gasteiger partial charge in [-0.3, -0.25) is 4.79 Å². The lowest BCUT2D eigenvalue weighted by Crippen LogP contribution is -2.15. The molecule has 3 rings (SSSR count). The molecular weight excluding hydrogens is 374 g/mol. The zero-order chi connectivity index (χ0) is 17.8. The van der Waals surface area contributed by atoms with Crippen LogP contribution in [0.5, 0.6) is 5.75 Å². The maximum absolute atomic E-state index is 12.4. The van der Waals surface area contributed by atoms with E-state index in [9.17, 15) is 13.6 Å². The van der Waals surface area contributed by atoms with E-state index in [2.05, 4.69) is 15.0 Å². The van der Waals surface area contributed by atoms with Gasteiger partial charge in [0.1, 0.15) is 11.3 Å². The molecule has 9 heteroatoms. The SMILES string of the molecule is O=C(CSc1nc2cc(Cl)ccc2o1)Nc1ccccc1OC(F)F. The van der Waals surface area contributed by atoms with Crippen LogP contribution in [0.2, 0.25) is 5.02 Å². The van der Waals surface area contributed by atoms with Gasteiger partial charge in [0.2, 0.25) is 5.91 Å². The average molecular weight is 385 g/mol. The zero-order valence-corrected chi connectivity index (χ0v) is 14.1. The molecule has 0 unspecified atom stereocenters. The lowest BCUT2D eigenvalue weighted by Gasteiger charge is -2.11. The standard InChI is InChI=1S/C16H11ClF2N2O3S/c17-9-5-6-13-11(7-9)21-16(24-13)25-8-14(22)20-10-3-1-2-4-12(10)23-15(18)19/h1-7,15H,8H2,(H,20,22). The highest BCUT2D eigenvalue weighted by molar-refractivity contribution is 7.99. The first-order chi connectivity index (χ1) is 12.0. The number of aromatic nitrogens is 1. The number of oxazole rings is 1. The van der Waals surface area contributed by atoms with Crippen LogP contribution in [0.15, 0.2) is 52.1 Å². The second-order valence-corrected chi connectivity index (χ2v) is 6.17. The molecule has 3 aromatic rings. The number of hydrogen-bond donors (Lipinski definition) is 1. The molecule has 2 aromatic carbocycles. The number of alkyl halides is 2. The topological polar surface area (TPSA) is 64.4 Å². The van der Waals surface area contributed by atoms with E-state index >= 15 is 0 Å². The van der Waals surface area contributed by atoms with Gasteiger partial charge in [0.25, 0.3) is 5.22 Å². The van der Waals surface area contributed by atoms with E-state index < -0.39 is 12.5 Å². The number of carbonyl (C=O) groups is 1. The van der Waals surface area contributed by atoms with E-state index in [-0.39, 0.29) is 17.2 Å². The van der Waals surface area contributed by atoms with Gasteiger partial charge in [0.15, 0.2) is 5.58 Å². The Morgan fingerprint density at radius 1 is 1.32 bits per heavy atom. The van der Waals surface area contributed by atoms with Crippen molar-refractivity contribution in [3.63, 3.8) is 0 Å². The van der Waals surface area contributed by atoms with Crippen LogP contribution in [0.25, 0.3) is 11.1 Å². The number of amides is 1. The lowest BCUT2D eigenvalue weighted by atomic mass is 10.3. The fourth-order valence-electron chi connectivity index (χ4n) is 2.02. The fourth-order valence-corrected chi connectivity index (χ4v) is 2.83. The van der Waals surface area contributed by atoms with E-state index in [4.69, 9.17) is 16.0 Å². The minimum Gasteiger partial charge on any atom is -0.433 e. The van der Waals surface area contributed by atoms with Crippen molar-refractivity contribution in [1.29, 1.82) is 0 Å². The van der Waals surface area contributed by atoms with E-state index in [1.165, 1.54) is 18.2 Å². The van der Waals surface area contributed by atoms with Crippen molar-refractivity contribution in [2.75, 3.05) is 11.1 Å². The van der Waals surface area contributed by atoms with E-state index in [0.29, 0.717) is 21.3 Å². The Labute approximate surface area is 150 Å². The molecular formula is C16H11ClF2N2O3S. The van der Waals surface area contributed by atoms with Crippen molar-refractivity contribution < 1.29 is 22.7 Å². The number of ether oxygens (including phenoxy) is 1. The molecule has 0 fully saturated rings. The largest absolute Gasteiger partial charge is 0.433 e. The van der Waals surface area contributed by atoms with Crippen molar-refractivity contribution in [1.82, 2.24) is 4.98 Å². The predicted molar refractivity (Wildman–Crippen MR) is 91.4 cm³/mol. The van der Waals surface area contributed by atoms with Gasteiger partial charge >= 0.3 is 6.61 Å². The number of nitrogens with zero attached hydrogens (tertiary/aromatic N) is 1. The van der Waals surface area contributed by atoms with Gasteiger partial charge in [0, 0.05) is 5.02 Å². The Kier molecular flexibility index (Phi) is 5.40. The van der Waals surface area contributed by atoms with Crippen molar-refractivity contribution >= 4 is 46.1 Å². The Morgan fingerprint density at radius 3 is 2.92 bits per heavy atom. The van der Waals surface area contributed by atoms with Gasteiger partial charge in [-0.15, -0.1) is 0 Å². The summed E-state index contributed by atoms with van der Waals surface area (Å²) in [6.07, 6.45) is 0. The van der Waals surface area contributed by atoms with Gasteiger partial charge in [-0.1, -0.05) is 35.5 Å². The quantitative estimate of drug-likeness (QED) is 0.618. The van der Waals surface area contributed by atoms with Gasteiger partial charge in [-0.05, 0) is 30.3 Å². The summed E-state index contributed by atoms with van der Waals surface area (Å²) in [4.78, 5) is 16.2. The molecule has 0 saturated heterocycles. The number of hydrogen-bond acceptors (Lipinski definition) is 5. The second kappa shape index (κ2) is 7.71. The molecule has 0 radical (unpaired) electrons. The molecule has 5 nitrogen and oxygen atoms in total. The molecule has 1 aromatic heterocycles. The smallest absolute Gasteiger partial charge is 0.387 e. The summed E-state index contributed by atoms with van der Waals surface area (Å²) < 4.78 is 34.6. The van der Waals surface area contributed by atoms with E-state index in [0.717, 1.165) is 11.8 Å². The monoisotopic (exact) mass is 384 g/mol. The first-order valence-electron chi connectivity index (χ1n) is 7.04. The maximum atomic E-state index is 12.4. The van der Waals surface area contributed by atoms with Crippen LogP contribution in [0.3, 0.4) is 0 Å². The molecule has 0 aliphatic rings. The highest BCUT2D eigenvalue weighted by atomic mass is 35.5. The first-order valence-corrected chi connectivity index (χ1v) is 8.40. The van der Waals surface area contributed by atoms with Gasteiger partial charge in [0.05, 0.1) is 11.4 Å². The Bertz CT molecular complexity index is 904. The molecule has 130 valence electrons. The van der Waals surface area contributed by atoms with Crippen molar-refractivity contribution in [2.24, 2.45) is 0 Å². The number of para-hydroxylation sites is 2. The minimum atomic E-state index is -2.97. The van der Waals surface area contributed by atoms with Crippen molar-refractivity contribution in [3.05, 3.63) is 47.5 Å². The number of anilines is 1. The molecule has 25 heavy (non-hydrogen) atoms. The normalized spacial score (nSPS) is 11.0. The van der Waals surface area contributed by atoms with Crippen LogP contribution in [0.4, 0.5) is 14.5 Å². The predicted octanol–water partition coefficient (Wildman–Crippen LogP) is 4.81. The van der Waals surface area contributed by atoms with Crippen LogP contribution in [0, 0.1) is 0 Å². The minimum absolute atomic E-state index is 0.0104. The van der Waals surface area contributed by atoms with E-state index in [1.807, 2.05) is 0 Å². The summed E-state index contributed by atoms with van der Waals surface area (Å²) in [5, 5.41) is 3.36. The lowest BCUT2D eigenvalue weighted by molar-refractivity contribution is -0.113. The molecule has 0 bridgehead atoms. The summed E-state index contributed by atoms with van der Waals surface area (Å²) in [6, 6.07) is 11.0. The first kappa shape index (κ1) is 17.5. The number of thioether (sulfide) groups is 1. The Morgan fingerprint density at radius 2 is 2.12 bits per heavy atom. The Hall–Kier alpha value is -2.32. The van der Waals surface area contributed by atoms with Gasteiger partial charge in [-0.2, -0.15) is 8.78 Å². The van der Waals surface area contributed by atoms with Gasteiger partial charge in [-0.25, -0.2) is 4.98 Å². The third-order valence-corrected chi connectivity index (χ3v) is 4.10. The molecule has 0 spiro atoms. The maximum Gasteiger partial charge on any atom is 0.387 e. The van der Waals surface area contributed by atoms with Crippen molar-refractivity contribution in [3.8, 4) is 5.75 Å². The van der Waals surface area contributed by atoms with Crippen LogP contribution < -0.4 is 10.1 Å². The summed E-state index contributed by atoms with van der Waals surface area (Å²) in [5.41, 5.74) is 1.31. The number of fused-ring (bicyclic) bond motifs is 1. The van der Waals surface area contributed by atoms with Gasteiger partial charge < -0.3 is 14.5 Å². The molecule has 1 amide bonds. The second-order valence-electron chi connectivity index (χ2n) is 4.80. The number of nitrogens with one attached hydrogen (secondary N) is 1. The number of rotatable bonds is 6. The van der Waals surface area contributed by atoms with Crippen LogP contribution in [-0.2, 0) is 4.79 Å². The summed E-state index contributed by atoms with van der Waals surface area (Å²) in [5.74, 6) is -0.521. The summed E-state index contributed by atoms with van der Waals surface area (Å²) in [6.45, 7) is -2.97. The van der Waals surface area contributed by atoms with Crippen molar-refractivity contribution in [2.45, 2.75) is 11.8 Å². The number of halogens is 3. The van der Waals surface area contributed by atoms with Crippen LogP contribution in [0.1, 0.15) is 0 Å². The molecule has 0 saturated carbocycles. The fraction of sp³-hybridized carbons (Fsp3) is 0.125. The average Bonchev–Trinajstić information content (AvgIpc) is 2.96. The molecule has 0 aliphatic heterocycles. The van der Waals surface area contributed by atoms with E-state index in [1.54, 1.807) is 24.3 Å². The molecule has 0 aliphatic carbocycles. The third-order valence-electron chi connectivity index (χ3n) is 3.03. The summed E-state index contributed by atoms with van der Waals surface area (Å²) in [7, 11) is 0. The van der Waals surface area contributed by atoms with Crippen LogP contribution in [-0.4, -0.2) is 23.3 Å². The van der Waals surface area contributed by atoms with Crippen LogP contribution >= 0.6 is 23.4 Å². The Balaban J connectivity index is 1.62. The number of carbonyl (C=O) groups excluding carboxylic acids is 1. The highest BCUT2D eigenvalue weighted by Gasteiger charge is 2.13. The number of benzene rings is 2. The summed E-state index contributed by atoms with van der Waals surface area (Å²) >= 11 is 6.96. The molecule has 1 N–H and O–H groups in total. The molecule has 1 heterocycles. The zero-order valence-electron chi connectivity index (χ0n) is 12.5.